The quantitative estimate of drug-likeness (QED) is 0.601. The Balaban J connectivity index is 2.43. The predicted molar refractivity (Wildman–Crippen MR) is 80.2 cm³/mol. The molecule has 1 fully saturated rings. The summed E-state index contributed by atoms with van der Waals surface area (Å²) in [6.45, 7) is 4.90. The zero-order valence-electron chi connectivity index (χ0n) is 12.6. The average molecular weight is 273 g/mol. The Morgan fingerprint density at radius 2 is 2.05 bits per heavy atom. The normalized spacial score (nSPS) is 17.0. The molecule has 0 aliphatic heterocycles. The van der Waals surface area contributed by atoms with E-state index >= 15 is 0 Å². The number of ether oxygens (including phenoxy) is 1. The van der Waals surface area contributed by atoms with E-state index in [2.05, 4.69) is 37.0 Å². The summed E-state index contributed by atoms with van der Waals surface area (Å²) < 4.78 is 5.45. The van der Waals surface area contributed by atoms with E-state index in [0.29, 0.717) is 12.5 Å². The number of hydrogen-bond donors (Lipinski definition) is 0. The predicted octanol–water partition coefficient (Wildman–Crippen LogP) is 3.97. The Bertz CT molecular complexity index is 510. The Kier molecular flexibility index (Phi) is 4.61. The highest BCUT2D eigenvalue weighted by molar-refractivity contribution is 5.43. The summed E-state index contributed by atoms with van der Waals surface area (Å²) >= 11 is 0. The maximum atomic E-state index is 10.5. The van der Waals surface area contributed by atoms with Gasteiger partial charge in [0.1, 0.15) is 5.75 Å². The minimum atomic E-state index is 0.0212. The monoisotopic (exact) mass is 273 g/mol. The molecule has 0 heterocycles. The maximum absolute atomic E-state index is 10.5. The summed E-state index contributed by atoms with van der Waals surface area (Å²) in [5.74, 6) is 1.36. The van der Waals surface area contributed by atoms with Gasteiger partial charge in [-0.15, -0.1) is 0 Å². The lowest BCUT2D eigenvalue weighted by Crippen LogP contribution is -2.26. The van der Waals surface area contributed by atoms with Crippen molar-refractivity contribution in [1.82, 2.24) is 0 Å². The van der Waals surface area contributed by atoms with Gasteiger partial charge >= 0.3 is 0 Å². The van der Waals surface area contributed by atoms with E-state index in [1.54, 1.807) is 13.2 Å². The molecule has 0 N–H and O–H groups in total. The van der Waals surface area contributed by atoms with Crippen molar-refractivity contribution >= 4 is 6.08 Å². The number of carbonyl (C=O) groups excluding carboxylic acids is 1. The van der Waals surface area contributed by atoms with Crippen molar-refractivity contribution in [3.8, 4) is 5.75 Å². The Morgan fingerprint density at radius 1 is 1.35 bits per heavy atom. The van der Waals surface area contributed by atoms with E-state index in [0.717, 1.165) is 18.6 Å². The van der Waals surface area contributed by atoms with Crippen molar-refractivity contribution in [2.45, 2.75) is 50.9 Å². The Morgan fingerprint density at radius 3 is 2.60 bits per heavy atom. The number of isocyanates is 1. The first-order chi connectivity index (χ1) is 9.63. The molecule has 0 spiro atoms. The van der Waals surface area contributed by atoms with Crippen LogP contribution < -0.4 is 4.74 Å². The molecule has 1 aliphatic rings. The second kappa shape index (κ2) is 6.23. The average Bonchev–Trinajstić information content (AvgIpc) is 2.94. The molecular formula is C17H23NO2. The van der Waals surface area contributed by atoms with Crippen LogP contribution in [0.5, 0.6) is 5.75 Å². The molecule has 0 saturated heterocycles. The van der Waals surface area contributed by atoms with Crippen LogP contribution in [0.4, 0.5) is 0 Å². The van der Waals surface area contributed by atoms with E-state index in [1.165, 1.54) is 24.0 Å². The fourth-order valence-corrected chi connectivity index (χ4v) is 3.29. The van der Waals surface area contributed by atoms with Crippen molar-refractivity contribution in [2.24, 2.45) is 4.99 Å². The van der Waals surface area contributed by atoms with Crippen LogP contribution in [-0.2, 0) is 10.2 Å². The number of benzene rings is 1. The highest BCUT2D eigenvalue weighted by atomic mass is 16.5. The second-order valence-electron chi connectivity index (χ2n) is 6.01. The van der Waals surface area contributed by atoms with Gasteiger partial charge in [-0.25, -0.2) is 9.79 Å². The van der Waals surface area contributed by atoms with Crippen molar-refractivity contribution in [3.05, 3.63) is 29.3 Å². The van der Waals surface area contributed by atoms with E-state index < -0.39 is 0 Å². The molecule has 0 atom stereocenters. The smallest absolute Gasteiger partial charge is 0.234 e. The van der Waals surface area contributed by atoms with E-state index in [1.807, 2.05) is 0 Å². The van der Waals surface area contributed by atoms with Gasteiger partial charge in [0.2, 0.25) is 6.08 Å². The number of rotatable bonds is 5. The van der Waals surface area contributed by atoms with Crippen LogP contribution in [0.3, 0.4) is 0 Å². The van der Waals surface area contributed by atoms with Crippen molar-refractivity contribution in [1.29, 1.82) is 0 Å². The first kappa shape index (κ1) is 14.8. The molecule has 1 saturated carbocycles. The van der Waals surface area contributed by atoms with Gasteiger partial charge in [0.25, 0.3) is 0 Å². The van der Waals surface area contributed by atoms with Crippen LogP contribution in [0, 0.1) is 0 Å². The molecule has 3 nitrogen and oxygen atoms in total. The number of hydrogen-bond acceptors (Lipinski definition) is 3. The van der Waals surface area contributed by atoms with Crippen LogP contribution in [0.2, 0.25) is 0 Å². The molecule has 0 radical (unpaired) electrons. The summed E-state index contributed by atoms with van der Waals surface area (Å²) in [6, 6.07) is 6.43. The van der Waals surface area contributed by atoms with Crippen LogP contribution in [-0.4, -0.2) is 19.7 Å². The molecule has 108 valence electrons. The van der Waals surface area contributed by atoms with E-state index in [9.17, 15) is 4.79 Å². The molecule has 1 aliphatic carbocycles. The van der Waals surface area contributed by atoms with Crippen LogP contribution in [0.15, 0.2) is 23.2 Å². The van der Waals surface area contributed by atoms with Crippen molar-refractivity contribution < 1.29 is 9.53 Å². The molecule has 0 aromatic heterocycles. The van der Waals surface area contributed by atoms with Gasteiger partial charge in [-0.3, -0.25) is 0 Å². The third kappa shape index (κ3) is 2.78. The van der Waals surface area contributed by atoms with Crippen molar-refractivity contribution in [3.63, 3.8) is 0 Å². The summed E-state index contributed by atoms with van der Waals surface area (Å²) in [4.78, 5) is 14.4. The van der Waals surface area contributed by atoms with Crippen LogP contribution in [0.1, 0.15) is 56.6 Å². The maximum Gasteiger partial charge on any atom is 0.234 e. The van der Waals surface area contributed by atoms with Gasteiger partial charge in [-0.05, 0) is 36.0 Å². The summed E-state index contributed by atoms with van der Waals surface area (Å²) in [6.07, 6.45) is 6.31. The molecule has 1 aromatic carbocycles. The first-order valence-corrected chi connectivity index (χ1v) is 7.35. The third-order valence-electron chi connectivity index (χ3n) is 4.47. The lowest BCUT2D eigenvalue weighted by molar-refractivity contribution is 0.404. The molecule has 0 bridgehead atoms. The van der Waals surface area contributed by atoms with E-state index in [-0.39, 0.29) is 5.41 Å². The Labute approximate surface area is 121 Å². The molecule has 3 heteroatoms. The zero-order valence-corrected chi connectivity index (χ0v) is 12.6. The molecule has 2 rings (SSSR count). The van der Waals surface area contributed by atoms with Gasteiger partial charge in [0.05, 0.1) is 13.7 Å². The van der Waals surface area contributed by atoms with Crippen LogP contribution >= 0.6 is 0 Å². The highest BCUT2D eigenvalue weighted by Crippen LogP contribution is 2.43. The lowest BCUT2D eigenvalue weighted by Gasteiger charge is -2.28. The highest BCUT2D eigenvalue weighted by Gasteiger charge is 2.36. The summed E-state index contributed by atoms with van der Waals surface area (Å²) in [5.41, 5.74) is 2.54. The standard InChI is InChI=1S/C17H23NO2/c1-13(2)15-10-14(6-7-16(15)20-3)17(11-18-12-19)8-4-5-9-17/h6-7,10,13H,4-5,8-9,11H2,1-3H3. The van der Waals surface area contributed by atoms with Gasteiger partial charge in [-0.1, -0.05) is 38.8 Å². The third-order valence-corrected chi connectivity index (χ3v) is 4.47. The van der Waals surface area contributed by atoms with Crippen LogP contribution in [0.25, 0.3) is 0 Å². The fourth-order valence-electron chi connectivity index (χ4n) is 3.29. The number of nitrogens with zero attached hydrogens (tertiary/aromatic N) is 1. The molecule has 0 unspecified atom stereocenters. The molecular weight excluding hydrogens is 250 g/mol. The van der Waals surface area contributed by atoms with E-state index in [4.69, 9.17) is 4.74 Å². The fraction of sp³-hybridized carbons (Fsp3) is 0.588. The van der Waals surface area contributed by atoms with Crippen molar-refractivity contribution in [2.75, 3.05) is 13.7 Å². The Hall–Kier alpha value is -1.60. The van der Waals surface area contributed by atoms with Gasteiger partial charge in [-0.2, -0.15) is 0 Å². The molecule has 1 aromatic rings. The lowest BCUT2D eigenvalue weighted by atomic mass is 9.77. The summed E-state index contributed by atoms with van der Waals surface area (Å²) in [7, 11) is 1.71. The zero-order chi connectivity index (χ0) is 14.6. The largest absolute Gasteiger partial charge is 0.496 e. The van der Waals surface area contributed by atoms with Gasteiger partial charge in [0, 0.05) is 5.41 Å². The van der Waals surface area contributed by atoms with Gasteiger partial charge < -0.3 is 4.74 Å². The van der Waals surface area contributed by atoms with Gasteiger partial charge in [0.15, 0.2) is 0 Å². The minimum absolute atomic E-state index is 0.0212. The number of methoxy groups -OCH3 is 1. The minimum Gasteiger partial charge on any atom is -0.496 e. The SMILES string of the molecule is COc1ccc(C2(CN=C=O)CCCC2)cc1C(C)C. The summed E-state index contributed by atoms with van der Waals surface area (Å²) in [5, 5.41) is 0. The molecule has 0 amide bonds. The molecule has 20 heavy (non-hydrogen) atoms. The second-order valence-corrected chi connectivity index (χ2v) is 6.01. The first-order valence-electron chi connectivity index (χ1n) is 7.35. The number of aliphatic imine (C=N–C) groups is 1. The topological polar surface area (TPSA) is 38.7 Å².